The summed E-state index contributed by atoms with van der Waals surface area (Å²) in [5, 5.41) is 0. The molecular formula is C13H16N4. The molecule has 2 rings (SSSR count). The SMILES string of the molecule is CCCc1cc(NN)nc(-c2ccccc2)n1. The molecule has 1 aromatic heterocycles. The third kappa shape index (κ3) is 2.79. The van der Waals surface area contributed by atoms with Crippen LogP contribution in [0.4, 0.5) is 5.82 Å². The van der Waals surface area contributed by atoms with Crippen LogP contribution in [0, 0.1) is 0 Å². The van der Waals surface area contributed by atoms with Gasteiger partial charge in [-0.05, 0) is 6.42 Å². The summed E-state index contributed by atoms with van der Waals surface area (Å²) in [5.74, 6) is 6.79. The molecule has 3 N–H and O–H groups in total. The van der Waals surface area contributed by atoms with E-state index in [0.29, 0.717) is 11.6 Å². The Kier molecular flexibility index (Phi) is 3.67. The van der Waals surface area contributed by atoms with Crippen LogP contribution in [0.25, 0.3) is 11.4 Å². The lowest BCUT2D eigenvalue weighted by Gasteiger charge is -2.07. The molecule has 2 aromatic rings. The van der Waals surface area contributed by atoms with Crippen LogP contribution in [0.15, 0.2) is 36.4 Å². The normalized spacial score (nSPS) is 10.2. The number of hydrogen-bond donors (Lipinski definition) is 2. The van der Waals surface area contributed by atoms with Crippen LogP contribution in [-0.2, 0) is 6.42 Å². The number of benzene rings is 1. The fourth-order valence-corrected chi connectivity index (χ4v) is 1.67. The zero-order valence-corrected chi connectivity index (χ0v) is 9.85. The molecule has 0 aliphatic rings. The Labute approximate surface area is 101 Å². The summed E-state index contributed by atoms with van der Waals surface area (Å²) >= 11 is 0. The van der Waals surface area contributed by atoms with Gasteiger partial charge in [0.25, 0.3) is 0 Å². The van der Waals surface area contributed by atoms with E-state index in [0.717, 1.165) is 24.1 Å². The lowest BCUT2D eigenvalue weighted by Crippen LogP contribution is -2.10. The van der Waals surface area contributed by atoms with Crippen molar-refractivity contribution >= 4 is 5.82 Å². The molecule has 1 heterocycles. The lowest BCUT2D eigenvalue weighted by molar-refractivity contribution is 0.875. The van der Waals surface area contributed by atoms with Crippen LogP contribution in [0.3, 0.4) is 0 Å². The number of aryl methyl sites for hydroxylation is 1. The summed E-state index contributed by atoms with van der Waals surface area (Å²) in [6.45, 7) is 2.12. The Balaban J connectivity index is 2.43. The Morgan fingerprint density at radius 2 is 1.94 bits per heavy atom. The molecule has 0 aliphatic heterocycles. The Morgan fingerprint density at radius 1 is 1.18 bits per heavy atom. The molecule has 1 aromatic carbocycles. The fraction of sp³-hybridized carbons (Fsp3) is 0.231. The molecule has 88 valence electrons. The van der Waals surface area contributed by atoms with E-state index in [1.165, 1.54) is 0 Å². The van der Waals surface area contributed by atoms with E-state index in [-0.39, 0.29) is 0 Å². The van der Waals surface area contributed by atoms with E-state index in [4.69, 9.17) is 5.84 Å². The maximum Gasteiger partial charge on any atom is 0.161 e. The van der Waals surface area contributed by atoms with E-state index in [9.17, 15) is 0 Å². The van der Waals surface area contributed by atoms with Crippen molar-refractivity contribution in [1.29, 1.82) is 0 Å². The van der Waals surface area contributed by atoms with Gasteiger partial charge in [-0.1, -0.05) is 43.7 Å². The third-order valence-electron chi connectivity index (χ3n) is 2.47. The van der Waals surface area contributed by atoms with Gasteiger partial charge in [0, 0.05) is 17.3 Å². The number of nitrogens with two attached hydrogens (primary N) is 1. The van der Waals surface area contributed by atoms with Crippen molar-refractivity contribution < 1.29 is 0 Å². The van der Waals surface area contributed by atoms with Crippen LogP contribution in [0.5, 0.6) is 0 Å². The highest BCUT2D eigenvalue weighted by Gasteiger charge is 2.05. The van der Waals surface area contributed by atoms with Crippen LogP contribution in [-0.4, -0.2) is 9.97 Å². The molecule has 0 aliphatic carbocycles. The van der Waals surface area contributed by atoms with Gasteiger partial charge in [0.2, 0.25) is 0 Å². The van der Waals surface area contributed by atoms with Crippen molar-refractivity contribution in [1.82, 2.24) is 9.97 Å². The number of hydrogen-bond acceptors (Lipinski definition) is 4. The largest absolute Gasteiger partial charge is 0.308 e. The van der Waals surface area contributed by atoms with Crippen molar-refractivity contribution in [3.63, 3.8) is 0 Å². The first kappa shape index (κ1) is 11.5. The summed E-state index contributed by atoms with van der Waals surface area (Å²) in [6.07, 6.45) is 1.98. The van der Waals surface area contributed by atoms with Crippen molar-refractivity contribution in [3.05, 3.63) is 42.1 Å². The first-order chi connectivity index (χ1) is 8.33. The molecule has 0 atom stereocenters. The summed E-state index contributed by atoms with van der Waals surface area (Å²) in [7, 11) is 0. The minimum Gasteiger partial charge on any atom is -0.308 e. The molecule has 0 saturated heterocycles. The molecule has 0 spiro atoms. The van der Waals surface area contributed by atoms with Crippen LogP contribution in [0.2, 0.25) is 0 Å². The zero-order chi connectivity index (χ0) is 12.1. The average Bonchev–Trinajstić information content (AvgIpc) is 2.40. The third-order valence-corrected chi connectivity index (χ3v) is 2.47. The van der Waals surface area contributed by atoms with Gasteiger partial charge in [-0.2, -0.15) is 0 Å². The van der Waals surface area contributed by atoms with Crippen LogP contribution < -0.4 is 11.3 Å². The van der Waals surface area contributed by atoms with E-state index < -0.39 is 0 Å². The van der Waals surface area contributed by atoms with E-state index in [1.54, 1.807) is 0 Å². The van der Waals surface area contributed by atoms with Gasteiger partial charge in [0.15, 0.2) is 5.82 Å². The second-order valence-electron chi connectivity index (χ2n) is 3.83. The number of aromatic nitrogens is 2. The number of nitrogens with one attached hydrogen (secondary N) is 1. The van der Waals surface area contributed by atoms with Gasteiger partial charge in [-0.3, -0.25) is 0 Å². The fourth-order valence-electron chi connectivity index (χ4n) is 1.67. The number of hydrazine groups is 1. The predicted molar refractivity (Wildman–Crippen MR) is 69.3 cm³/mol. The molecular weight excluding hydrogens is 212 g/mol. The van der Waals surface area contributed by atoms with Crippen molar-refractivity contribution in [3.8, 4) is 11.4 Å². The molecule has 0 saturated carbocycles. The van der Waals surface area contributed by atoms with Crippen LogP contribution in [0.1, 0.15) is 19.0 Å². The monoisotopic (exact) mass is 228 g/mol. The number of anilines is 1. The molecule has 0 amide bonds. The van der Waals surface area contributed by atoms with Crippen molar-refractivity contribution in [2.75, 3.05) is 5.43 Å². The maximum atomic E-state index is 5.42. The standard InChI is InChI=1S/C13H16N4/c1-2-6-11-9-12(17-14)16-13(15-11)10-7-4-3-5-8-10/h3-5,7-9H,2,6,14H2,1H3,(H,15,16,17). The average molecular weight is 228 g/mol. The maximum absolute atomic E-state index is 5.42. The van der Waals surface area contributed by atoms with Crippen molar-refractivity contribution in [2.24, 2.45) is 5.84 Å². The molecule has 4 heteroatoms. The molecule has 0 fully saturated rings. The summed E-state index contributed by atoms with van der Waals surface area (Å²) in [4.78, 5) is 8.89. The number of rotatable bonds is 4. The smallest absolute Gasteiger partial charge is 0.161 e. The highest BCUT2D eigenvalue weighted by Crippen LogP contribution is 2.17. The van der Waals surface area contributed by atoms with E-state index >= 15 is 0 Å². The first-order valence-electron chi connectivity index (χ1n) is 5.73. The quantitative estimate of drug-likeness (QED) is 0.623. The summed E-state index contributed by atoms with van der Waals surface area (Å²) in [5.41, 5.74) is 4.60. The van der Waals surface area contributed by atoms with E-state index in [1.807, 2.05) is 36.4 Å². The van der Waals surface area contributed by atoms with Crippen LogP contribution >= 0.6 is 0 Å². The molecule has 0 radical (unpaired) electrons. The Hall–Kier alpha value is -1.94. The topological polar surface area (TPSA) is 63.8 Å². The summed E-state index contributed by atoms with van der Waals surface area (Å²) < 4.78 is 0. The highest BCUT2D eigenvalue weighted by molar-refractivity contribution is 5.57. The van der Waals surface area contributed by atoms with Gasteiger partial charge >= 0.3 is 0 Å². The summed E-state index contributed by atoms with van der Waals surface area (Å²) in [6, 6.07) is 11.8. The lowest BCUT2D eigenvalue weighted by atomic mass is 10.2. The van der Waals surface area contributed by atoms with Gasteiger partial charge < -0.3 is 5.43 Å². The van der Waals surface area contributed by atoms with Gasteiger partial charge in [-0.15, -0.1) is 0 Å². The molecule has 17 heavy (non-hydrogen) atoms. The number of nitrogens with zero attached hydrogens (tertiary/aromatic N) is 2. The Bertz CT molecular complexity index is 482. The van der Waals surface area contributed by atoms with Gasteiger partial charge in [-0.25, -0.2) is 15.8 Å². The molecule has 0 bridgehead atoms. The molecule has 0 unspecified atom stereocenters. The van der Waals surface area contributed by atoms with Gasteiger partial charge in [0.05, 0.1) is 0 Å². The minimum atomic E-state index is 0.655. The first-order valence-corrected chi connectivity index (χ1v) is 5.73. The van der Waals surface area contributed by atoms with E-state index in [2.05, 4.69) is 22.3 Å². The van der Waals surface area contributed by atoms with Crippen molar-refractivity contribution in [2.45, 2.75) is 19.8 Å². The molecule has 4 nitrogen and oxygen atoms in total. The second kappa shape index (κ2) is 5.41. The zero-order valence-electron chi connectivity index (χ0n) is 9.85. The predicted octanol–water partition coefficient (Wildman–Crippen LogP) is 2.38. The number of nitrogen functional groups attached to an aromatic ring is 1. The Morgan fingerprint density at radius 3 is 2.59 bits per heavy atom. The van der Waals surface area contributed by atoms with Gasteiger partial charge in [0.1, 0.15) is 5.82 Å². The minimum absolute atomic E-state index is 0.655. The second-order valence-corrected chi connectivity index (χ2v) is 3.83. The highest BCUT2D eigenvalue weighted by atomic mass is 15.3.